The van der Waals surface area contributed by atoms with E-state index >= 15 is 0 Å². The molecule has 18 heavy (non-hydrogen) atoms. The lowest BCUT2D eigenvalue weighted by molar-refractivity contribution is -0.121. The highest BCUT2D eigenvalue weighted by Gasteiger charge is 2.13. The minimum absolute atomic E-state index is 0. The Hall–Kier alpha value is -1.46. The first-order valence-electron chi connectivity index (χ1n) is 5.65. The molecule has 0 atom stereocenters. The number of nitrogens with two attached hydrogens (primary N) is 1. The van der Waals surface area contributed by atoms with Gasteiger partial charge in [-0.25, -0.2) is 0 Å². The van der Waals surface area contributed by atoms with Crippen molar-refractivity contribution in [1.82, 2.24) is 5.32 Å². The Labute approximate surface area is 112 Å². The third kappa shape index (κ3) is 3.78. The van der Waals surface area contributed by atoms with Gasteiger partial charge in [0.2, 0.25) is 12.7 Å². The van der Waals surface area contributed by atoms with Crippen LogP contribution >= 0.6 is 12.4 Å². The Balaban J connectivity index is 0.00000162. The topological polar surface area (TPSA) is 73.6 Å². The molecule has 0 aromatic heterocycles. The van der Waals surface area contributed by atoms with Crippen LogP contribution in [0.1, 0.15) is 18.4 Å². The number of carbonyl (C=O) groups excluding carboxylic acids is 1. The molecule has 1 aromatic rings. The number of fused-ring (bicyclic) bond motifs is 1. The quantitative estimate of drug-likeness (QED) is 0.845. The molecule has 1 aliphatic rings. The molecule has 0 saturated carbocycles. The summed E-state index contributed by atoms with van der Waals surface area (Å²) in [7, 11) is 0. The number of carbonyl (C=O) groups is 1. The van der Waals surface area contributed by atoms with Crippen LogP contribution in [0.2, 0.25) is 0 Å². The van der Waals surface area contributed by atoms with Crippen molar-refractivity contribution < 1.29 is 14.3 Å². The third-order valence-electron chi connectivity index (χ3n) is 2.53. The lowest BCUT2D eigenvalue weighted by Crippen LogP contribution is -2.23. The lowest BCUT2D eigenvalue weighted by atomic mass is 10.2. The van der Waals surface area contributed by atoms with Crippen LogP contribution in [0.5, 0.6) is 11.5 Å². The molecule has 0 spiro atoms. The summed E-state index contributed by atoms with van der Waals surface area (Å²) in [6.07, 6.45) is 1.19. The molecule has 1 aromatic carbocycles. The maximum Gasteiger partial charge on any atom is 0.231 e. The second-order valence-corrected chi connectivity index (χ2v) is 3.86. The van der Waals surface area contributed by atoms with E-state index in [1.807, 2.05) is 18.2 Å². The minimum Gasteiger partial charge on any atom is -0.454 e. The molecule has 0 radical (unpaired) electrons. The Kier molecular flexibility index (Phi) is 5.74. The molecule has 0 aliphatic carbocycles. The second-order valence-electron chi connectivity index (χ2n) is 3.86. The predicted molar refractivity (Wildman–Crippen MR) is 69.9 cm³/mol. The van der Waals surface area contributed by atoms with Crippen LogP contribution < -0.4 is 20.5 Å². The van der Waals surface area contributed by atoms with E-state index in [4.69, 9.17) is 15.2 Å². The van der Waals surface area contributed by atoms with Crippen LogP contribution in [0.25, 0.3) is 0 Å². The van der Waals surface area contributed by atoms with E-state index in [1.165, 1.54) is 0 Å². The van der Waals surface area contributed by atoms with Crippen LogP contribution in [0.15, 0.2) is 18.2 Å². The van der Waals surface area contributed by atoms with Gasteiger partial charge in [0.15, 0.2) is 11.5 Å². The molecule has 100 valence electrons. The third-order valence-corrected chi connectivity index (χ3v) is 2.53. The van der Waals surface area contributed by atoms with Gasteiger partial charge in [-0.15, -0.1) is 12.4 Å². The molecule has 0 saturated heterocycles. The first-order valence-corrected chi connectivity index (χ1v) is 5.65. The van der Waals surface area contributed by atoms with Crippen molar-refractivity contribution in [3.8, 4) is 11.5 Å². The number of halogens is 1. The van der Waals surface area contributed by atoms with Gasteiger partial charge in [0.25, 0.3) is 0 Å². The summed E-state index contributed by atoms with van der Waals surface area (Å²) in [5.74, 6) is 1.51. The molecule has 6 heteroatoms. The molecular formula is C12H17ClN2O3. The summed E-state index contributed by atoms with van der Waals surface area (Å²) in [5, 5.41) is 2.83. The minimum atomic E-state index is 0. The zero-order valence-electron chi connectivity index (χ0n) is 9.98. The summed E-state index contributed by atoms with van der Waals surface area (Å²) in [6, 6.07) is 5.64. The molecule has 5 nitrogen and oxygen atoms in total. The number of hydrogen-bond acceptors (Lipinski definition) is 4. The van der Waals surface area contributed by atoms with Crippen molar-refractivity contribution in [1.29, 1.82) is 0 Å². The molecule has 0 fully saturated rings. The lowest BCUT2D eigenvalue weighted by Gasteiger charge is -2.05. The van der Waals surface area contributed by atoms with Crippen molar-refractivity contribution in [2.45, 2.75) is 19.4 Å². The van der Waals surface area contributed by atoms with Gasteiger partial charge in [0, 0.05) is 13.0 Å². The van der Waals surface area contributed by atoms with Gasteiger partial charge in [0.05, 0.1) is 0 Å². The van der Waals surface area contributed by atoms with Crippen molar-refractivity contribution in [2.75, 3.05) is 13.3 Å². The molecule has 0 unspecified atom stereocenters. The first kappa shape index (κ1) is 14.6. The zero-order valence-corrected chi connectivity index (χ0v) is 10.8. The van der Waals surface area contributed by atoms with Crippen molar-refractivity contribution in [2.24, 2.45) is 5.73 Å². The summed E-state index contributed by atoms with van der Waals surface area (Å²) >= 11 is 0. The van der Waals surface area contributed by atoms with Gasteiger partial charge in [0.1, 0.15) is 0 Å². The molecular weight excluding hydrogens is 256 g/mol. The van der Waals surface area contributed by atoms with E-state index < -0.39 is 0 Å². The summed E-state index contributed by atoms with van der Waals surface area (Å²) in [6.45, 7) is 1.30. The van der Waals surface area contributed by atoms with Crippen LogP contribution in [0.4, 0.5) is 0 Å². The summed E-state index contributed by atoms with van der Waals surface area (Å²) < 4.78 is 10.5. The summed E-state index contributed by atoms with van der Waals surface area (Å²) in [4.78, 5) is 11.4. The maximum atomic E-state index is 11.4. The zero-order chi connectivity index (χ0) is 12.1. The first-order chi connectivity index (χ1) is 8.29. The molecule has 0 bridgehead atoms. The second kappa shape index (κ2) is 7.08. The number of hydrogen-bond donors (Lipinski definition) is 2. The highest BCUT2D eigenvalue weighted by Crippen LogP contribution is 2.32. The average molecular weight is 273 g/mol. The van der Waals surface area contributed by atoms with Gasteiger partial charge in [-0.05, 0) is 30.7 Å². The average Bonchev–Trinajstić information content (AvgIpc) is 2.81. The highest BCUT2D eigenvalue weighted by molar-refractivity contribution is 5.85. The van der Waals surface area contributed by atoms with Crippen LogP contribution in [0, 0.1) is 0 Å². The monoisotopic (exact) mass is 272 g/mol. The number of nitrogens with one attached hydrogen (secondary N) is 1. The Morgan fingerprint density at radius 2 is 2.11 bits per heavy atom. The smallest absolute Gasteiger partial charge is 0.231 e. The fraction of sp³-hybridized carbons (Fsp3) is 0.417. The molecule has 1 aliphatic heterocycles. The van der Waals surface area contributed by atoms with Crippen LogP contribution in [-0.2, 0) is 11.3 Å². The fourth-order valence-electron chi connectivity index (χ4n) is 1.60. The van der Waals surface area contributed by atoms with E-state index in [9.17, 15) is 4.79 Å². The van der Waals surface area contributed by atoms with E-state index in [0.717, 1.165) is 17.1 Å². The number of ether oxygens (including phenoxy) is 2. The van der Waals surface area contributed by atoms with E-state index in [0.29, 0.717) is 25.9 Å². The van der Waals surface area contributed by atoms with Gasteiger partial charge < -0.3 is 20.5 Å². The van der Waals surface area contributed by atoms with Gasteiger partial charge in [-0.1, -0.05) is 6.07 Å². The largest absolute Gasteiger partial charge is 0.454 e. The van der Waals surface area contributed by atoms with Crippen molar-refractivity contribution >= 4 is 18.3 Å². The Bertz CT molecular complexity index is 412. The van der Waals surface area contributed by atoms with Crippen molar-refractivity contribution in [3.63, 3.8) is 0 Å². The number of amides is 1. The Morgan fingerprint density at radius 1 is 1.33 bits per heavy atom. The van der Waals surface area contributed by atoms with E-state index in [-0.39, 0.29) is 25.1 Å². The Morgan fingerprint density at radius 3 is 2.89 bits per heavy atom. The summed E-state index contributed by atoms with van der Waals surface area (Å²) in [5.41, 5.74) is 6.33. The van der Waals surface area contributed by atoms with Crippen molar-refractivity contribution in [3.05, 3.63) is 23.8 Å². The van der Waals surface area contributed by atoms with E-state index in [1.54, 1.807) is 0 Å². The highest BCUT2D eigenvalue weighted by atomic mass is 35.5. The molecule has 2 rings (SSSR count). The SMILES string of the molecule is Cl.NCCCC(=O)NCc1ccc2c(c1)OCO2. The fourth-order valence-corrected chi connectivity index (χ4v) is 1.60. The predicted octanol–water partition coefficient (Wildman–Crippen LogP) is 1.19. The molecule has 1 amide bonds. The van der Waals surface area contributed by atoms with Crippen LogP contribution in [-0.4, -0.2) is 19.2 Å². The van der Waals surface area contributed by atoms with E-state index in [2.05, 4.69) is 5.32 Å². The standard InChI is InChI=1S/C12H16N2O3.ClH/c13-5-1-2-12(15)14-7-9-3-4-10-11(6-9)17-8-16-10;/h3-4,6H,1-2,5,7-8,13H2,(H,14,15);1H. The normalized spacial score (nSPS) is 11.8. The number of rotatable bonds is 5. The van der Waals surface area contributed by atoms with Crippen LogP contribution in [0.3, 0.4) is 0 Å². The van der Waals surface area contributed by atoms with Gasteiger partial charge >= 0.3 is 0 Å². The van der Waals surface area contributed by atoms with Gasteiger partial charge in [-0.3, -0.25) is 4.79 Å². The molecule has 1 heterocycles. The number of benzene rings is 1. The van der Waals surface area contributed by atoms with Gasteiger partial charge in [-0.2, -0.15) is 0 Å². The maximum absolute atomic E-state index is 11.4. The molecule has 3 N–H and O–H groups in total.